The van der Waals surface area contributed by atoms with Crippen LogP contribution in [0.25, 0.3) is 5.52 Å². The van der Waals surface area contributed by atoms with Gasteiger partial charge in [-0.2, -0.15) is 5.10 Å². The van der Waals surface area contributed by atoms with E-state index in [-0.39, 0.29) is 17.7 Å². The third-order valence-corrected chi connectivity index (χ3v) is 3.69. The molecule has 0 aliphatic carbocycles. The highest BCUT2D eigenvalue weighted by Gasteiger charge is 2.32. The van der Waals surface area contributed by atoms with Crippen molar-refractivity contribution in [3.63, 3.8) is 0 Å². The number of rotatable bonds is 3. The normalized spacial score (nSPS) is 18.6. The molecule has 21 heavy (non-hydrogen) atoms. The van der Waals surface area contributed by atoms with Crippen molar-refractivity contribution < 1.29 is 11.0 Å². The first kappa shape index (κ1) is 12.1. The number of carbonyl (C=O) groups excluding carboxylic acids is 2. The minimum atomic E-state index is -0.212. The monoisotopic (exact) mass is 286 g/mol. The molecule has 3 rings (SSSR count). The third kappa shape index (κ3) is 2.40. The van der Waals surface area contributed by atoms with Gasteiger partial charge in [-0.15, -0.1) is 0 Å². The maximum atomic E-state index is 12.6. The molecule has 6 nitrogen and oxygen atoms in total. The molecule has 1 atom stereocenters. The van der Waals surface area contributed by atoms with E-state index in [0.29, 0.717) is 36.6 Å². The largest absolute Gasteiger partial charge is 0.338 e. The minimum absolute atomic E-state index is 0.112. The Morgan fingerprint density at radius 1 is 1.57 bits per heavy atom. The van der Waals surface area contributed by atoms with Crippen molar-refractivity contribution in [1.29, 1.82) is 0 Å². The lowest BCUT2D eigenvalue weighted by atomic mass is 10.1. The summed E-state index contributed by atoms with van der Waals surface area (Å²) < 4.78 is 9.24. The molecule has 1 aliphatic rings. The van der Waals surface area contributed by atoms with Gasteiger partial charge in [-0.05, 0) is 24.8 Å². The Hall–Kier alpha value is -2.63. The molecule has 2 aromatic rings. The highest BCUT2D eigenvalue weighted by Crippen LogP contribution is 2.20. The van der Waals surface area contributed by atoms with E-state index < -0.39 is 0 Å². The van der Waals surface area contributed by atoms with Crippen molar-refractivity contribution >= 4 is 17.3 Å². The number of carbonyl (C=O) groups is 2. The molecular formula is C15H16N4O2. The van der Waals surface area contributed by atoms with Crippen LogP contribution in [0.4, 0.5) is 0 Å². The zero-order chi connectivity index (χ0) is 15.7. The maximum Gasteiger partial charge on any atom is 0.257 e. The number of nitrogens with zero attached hydrogens (tertiary/aromatic N) is 3. The number of hydrogen-bond donors (Lipinski definition) is 1. The predicted octanol–water partition coefficient (Wildman–Crippen LogP) is 1.06. The fourth-order valence-corrected chi connectivity index (χ4v) is 2.59. The number of nitrogens with one attached hydrogen (secondary N) is 1. The van der Waals surface area contributed by atoms with Gasteiger partial charge in [0.25, 0.3) is 5.91 Å². The first-order valence-electron chi connectivity index (χ1n) is 7.24. The molecule has 2 amide bonds. The third-order valence-electron chi connectivity index (χ3n) is 3.69. The molecular weight excluding hydrogens is 268 g/mol. The van der Waals surface area contributed by atoms with Crippen molar-refractivity contribution in [2.24, 2.45) is 5.92 Å². The van der Waals surface area contributed by atoms with Crippen LogP contribution < -0.4 is 5.32 Å². The molecule has 0 aromatic carbocycles. The molecule has 1 unspecified atom stereocenters. The molecule has 108 valence electrons. The van der Waals surface area contributed by atoms with Crippen LogP contribution in [0.1, 0.15) is 18.1 Å². The van der Waals surface area contributed by atoms with E-state index in [1.165, 1.54) is 12.4 Å². The minimum Gasteiger partial charge on any atom is -0.338 e. The second-order valence-electron chi connectivity index (χ2n) is 4.96. The highest BCUT2D eigenvalue weighted by molar-refractivity contribution is 6.01. The van der Waals surface area contributed by atoms with Crippen molar-refractivity contribution in [3.05, 3.63) is 48.9 Å². The van der Waals surface area contributed by atoms with Crippen molar-refractivity contribution in [3.8, 4) is 0 Å². The SMILES string of the molecule is [3H]c1ccn2ncc(C(=O)N3CCC(C(=O)NC=C)C3)c2c1. The van der Waals surface area contributed by atoms with Gasteiger partial charge in [-0.3, -0.25) is 9.59 Å². The van der Waals surface area contributed by atoms with Gasteiger partial charge in [0.15, 0.2) is 0 Å². The van der Waals surface area contributed by atoms with Crippen molar-refractivity contribution in [2.45, 2.75) is 6.42 Å². The molecule has 3 heterocycles. The van der Waals surface area contributed by atoms with Crippen LogP contribution >= 0.6 is 0 Å². The Labute approximate surface area is 123 Å². The van der Waals surface area contributed by atoms with E-state index in [2.05, 4.69) is 17.0 Å². The Bertz CT molecular complexity index is 755. The van der Waals surface area contributed by atoms with E-state index in [1.807, 2.05) is 0 Å². The maximum absolute atomic E-state index is 12.6. The average Bonchev–Trinajstić information content (AvgIpc) is 3.13. The molecule has 0 saturated carbocycles. The van der Waals surface area contributed by atoms with Crippen LogP contribution in [0.5, 0.6) is 0 Å². The molecule has 6 heteroatoms. The quantitative estimate of drug-likeness (QED) is 0.917. The summed E-state index contributed by atoms with van der Waals surface area (Å²) in [6, 6.07) is 3.55. The van der Waals surface area contributed by atoms with E-state index >= 15 is 0 Å². The van der Waals surface area contributed by atoms with Crippen LogP contribution in [-0.2, 0) is 4.79 Å². The smallest absolute Gasteiger partial charge is 0.257 e. The van der Waals surface area contributed by atoms with Gasteiger partial charge >= 0.3 is 0 Å². The van der Waals surface area contributed by atoms with Gasteiger partial charge in [-0.1, -0.05) is 12.6 Å². The summed E-state index contributed by atoms with van der Waals surface area (Å²) >= 11 is 0. The van der Waals surface area contributed by atoms with Crippen molar-refractivity contribution in [1.82, 2.24) is 19.8 Å². The van der Waals surface area contributed by atoms with E-state index in [1.54, 1.807) is 27.7 Å². The van der Waals surface area contributed by atoms with Gasteiger partial charge < -0.3 is 10.2 Å². The van der Waals surface area contributed by atoms with Gasteiger partial charge in [0.2, 0.25) is 5.91 Å². The number of likely N-dealkylation sites (tertiary alicyclic amines) is 1. The number of fused-ring (bicyclic) bond motifs is 1. The number of hydrogen-bond acceptors (Lipinski definition) is 3. The van der Waals surface area contributed by atoms with E-state index in [4.69, 9.17) is 1.37 Å². The van der Waals surface area contributed by atoms with Crippen molar-refractivity contribution in [2.75, 3.05) is 13.1 Å². The van der Waals surface area contributed by atoms with Gasteiger partial charge in [0.1, 0.15) is 0 Å². The summed E-state index contributed by atoms with van der Waals surface area (Å²) in [5.74, 6) is -0.483. The van der Waals surface area contributed by atoms with Gasteiger partial charge in [0, 0.05) is 19.3 Å². The standard InChI is InChI=1S/C15H16N4O2/c1-2-16-14(20)11-6-8-18(10-11)15(21)12-9-17-19-7-4-3-5-13(12)19/h2-5,7,9,11H,1,6,8,10H2,(H,16,20)/i3T. The van der Waals surface area contributed by atoms with Gasteiger partial charge in [0.05, 0.1) is 24.6 Å². The Morgan fingerprint density at radius 2 is 2.43 bits per heavy atom. The molecule has 1 saturated heterocycles. The summed E-state index contributed by atoms with van der Waals surface area (Å²) in [4.78, 5) is 26.1. The summed E-state index contributed by atoms with van der Waals surface area (Å²) in [7, 11) is 0. The van der Waals surface area contributed by atoms with Crippen LogP contribution in [0.15, 0.2) is 43.3 Å². The first-order valence-corrected chi connectivity index (χ1v) is 6.74. The molecule has 0 radical (unpaired) electrons. The zero-order valence-electron chi connectivity index (χ0n) is 12.5. The lowest BCUT2D eigenvalue weighted by molar-refractivity contribution is -0.123. The lowest BCUT2D eigenvalue weighted by Crippen LogP contribution is -2.32. The second-order valence-corrected chi connectivity index (χ2v) is 4.96. The zero-order valence-corrected chi connectivity index (χ0v) is 11.5. The number of aromatic nitrogens is 2. The first-order chi connectivity index (χ1) is 10.6. The molecule has 1 aliphatic heterocycles. The Morgan fingerprint density at radius 3 is 3.24 bits per heavy atom. The fraction of sp³-hybridized carbons (Fsp3) is 0.267. The van der Waals surface area contributed by atoms with E-state index in [9.17, 15) is 9.59 Å². The second kappa shape index (κ2) is 5.40. The molecule has 2 aromatic heterocycles. The summed E-state index contributed by atoms with van der Waals surface area (Å²) in [5.41, 5.74) is 1.07. The van der Waals surface area contributed by atoms with Gasteiger partial charge in [-0.25, -0.2) is 4.52 Å². The highest BCUT2D eigenvalue weighted by atomic mass is 16.2. The predicted molar refractivity (Wildman–Crippen MR) is 77.5 cm³/mol. The number of amides is 2. The summed E-state index contributed by atoms with van der Waals surface area (Å²) in [6.45, 7) is 4.39. The molecule has 1 N–H and O–H groups in total. The Kier molecular flexibility index (Phi) is 3.12. The van der Waals surface area contributed by atoms with Crippen LogP contribution in [-0.4, -0.2) is 39.4 Å². The average molecular weight is 286 g/mol. The summed E-state index contributed by atoms with van der Waals surface area (Å²) in [6.07, 6.45) is 5.15. The summed E-state index contributed by atoms with van der Waals surface area (Å²) in [5, 5.41) is 6.69. The number of pyridine rings is 1. The lowest BCUT2D eigenvalue weighted by Gasteiger charge is -2.15. The topological polar surface area (TPSA) is 66.7 Å². The van der Waals surface area contributed by atoms with E-state index in [0.717, 1.165) is 0 Å². The molecule has 1 fully saturated rings. The van der Waals surface area contributed by atoms with Crippen LogP contribution in [0, 0.1) is 5.92 Å². The molecule has 0 bridgehead atoms. The fourth-order valence-electron chi connectivity index (χ4n) is 2.59. The van der Waals surface area contributed by atoms with Crippen LogP contribution in [0.2, 0.25) is 0 Å². The molecule has 0 spiro atoms. The van der Waals surface area contributed by atoms with Crippen LogP contribution in [0.3, 0.4) is 0 Å². The Balaban J connectivity index is 1.80.